The summed E-state index contributed by atoms with van der Waals surface area (Å²) in [5.41, 5.74) is 2.06. The van der Waals surface area contributed by atoms with Crippen molar-refractivity contribution in [1.82, 2.24) is 10.2 Å². The fourth-order valence-electron chi connectivity index (χ4n) is 4.13. The maximum absolute atomic E-state index is 14.0. The van der Waals surface area contributed by atoms with Crippen molar-refractivity contribution in [3.63, 3.8) is 0 Å². The van der Waals surface area contributed by atoms with Crippen LogP contribution in [0, 0.1) is 6.92 Å². The van der Waals surface area contributed by atoms with Crippen LogP contribution in [0.1, 0.15) is 38.3 Å². The van der Waals surface area contributed by atoms with Crippen molar-refractivity contribution in [2.45, 2.75) is 62.5 Å². The van der Waals surface area contributed by atoms with Crippen molar-refractivity contribution in [2.75, 3.05) is 24.2 Å². The van der Waals surface area contributed by atoms with Gasteiger partial charge in [0.2, 0.25) is 11.8 Å². The molecule has 0 bridgehead atoms. The molecular weight excluding hydrogens is 558 g/mol. The molecule has 0 unspecified atom stereocenters. The van der Waals surface area contributed by atoms with Gasteiger partial charge in [0.05, 0.1) is 17.7 Å². The van der Waals surface area contributed by atoms with Crippen LogP contribution < -0.4 is 14.4 Å². The number of aryl methyl sites for hydroxylation is 1. The lowest BCUT2D eigenvalue weighted by molar-refractivity contribution is -0.139. The summed E-state index contributed by atoms with van der Waals surface area (Å²) in [6.07, 6.45) is 2.65. The summed E-state index contributed by atoms with van der Waals surface area (Å²) < 4.78 is 34.4. The second-order valence-corrected chi connectivity index (χ2v) is 12.6. The van der Waals surface area contributed by atoms with Crippen molar-refractivity contribution in [1.29, 1.82) is 0 Å². The van der Waals surface area contributed by atoms with Crippen molar-refractivity contribution >= 4 is 39.3 Å². The van der Waals surface area contributed by atoms with Crippen molar-refractivity contribution in [2.24, 2.45) is 0 Å². The van der Waals surface area contributed by atoms with Gasteiger partial charge < -0.3 is 15.0 Å². The zero-order valence-electron chi connectivity index (χ0n) is 24.5. The van der Waals surface area contributed by atoms with Gasteiger partial charge in [-0.1, -0.05) is 36.8 Å². The number of ether oxygens (including phenoxy) is 1. The molecule has 41 heavy (non-hydrogen) atoms. The molecule has 2 atom stereocenters. The van der Waals surface area contributed by atoms with Crippen LogP contribution in [-0.2, 0) is 26.2 Å². The summed E-state index contributed by atoms with van der Waals surface area (Å²) >= 11 is 1.51. The fourth-order valence-corrected chi connectivity index (χ4v) is 5.95. The number of anilines is 1. The molecule has 0 spiro atoms. The Hall–Kier alpha value is -3.50. The van der Waals surface area contributed by atoms with E-state index in [-0.39, 0.29) is 23.4 Å². The Bertz CT molecular complexity index is 1430. The van der Waals surface area contributed by atoms with E-state index in [1.165, 1.54) is 16.7 Å². The average Bonchev–Trinajstić information content (AvgIpc) is 2.98. The number of methoxy groups -OCH3 is 1. The lowest BCUT2D eigenvalue weighted by Gasteiger charge is -2.32. The molecule has 1 N–H and O–H groups in total. The van der Waals surface area contributed by atoms with E-state index in [1.807, 2.05) is 39.2 Å². The molecule has 0 aromatic heterocycles. The van der Waals surface area contributed by atoms with E-state index >= 15 is 0 Å². The third kappa shape index (κ3) is 8.27. The highest BCUT2D eigenvalue weighted by Gasteiger charge is 2.32. The van der Waals surface area contributed by atoms with Gasteiger partial charge in [0.15, 0.2) is 0 Å². The van der Waals surface area contributed by atoms with Crippen molar-refractivity contribution in [3.05, 3.63) is 83.9 Å². The topological polar surface area (TPSA) is 96.0 Å². The average molecular weight is 598 g/mol. The number of hydrogen-bond acceptors (Lipinski definition) is 6. The number of benzene rings is 3. The molecule has 0 heterocycles. The Kier molecular flexibility index (Phi) is 11.3. The van der Waals surface area contributed by atoms with E-state index in [9.17, 15) is 18.0 Å². The maximum Gasteiger partial charge on any atom is 0.264 e. The number of carbonyl (C=O) groups is 2. The van der Waals surface area contributed by atoms with E-state index in [4.69, 9.17) is 4.74 Å². The maximum atomic E-state index is 14.0. The molecule has 10 heteroatoms. The number of rotatable bonds is 13. The van der Waals surface area contributed by atoms with Gasteiger partial charge >= 0.3 is 0 Å². The van der Waals surface area contributed by atoms with Crippen LogP contribution in [-0.4, -0.2) is 57.1 Å². The second kappa shape index (κ2) is 14.4. The molecule has 0 aliphatic rings. The van der Waals surface area contributed by atoms with Gasteiger partial charge in [0.1, 0.15) is 18.3 Å². The molecule has 0 radical (unpaired) electrons. The molecule has 3 rings (SSSR count). The highest BCUT2D eigenvalue weighted by Crippen LogP contribution is 2.27. The summed E-state index contributed by atoms with van der Waals surface area (Å²) in [5, 5.41) is 2.94. The molecule has 220 valence electrons. The van der Waals surface area contributed by atoms with E-state index in [0.29, 0.717) is 11.4 Å². The lowest BCUT2D eigenvalue weighted by atomic mass is 10.1. The minimum Gasteiger partial charge on any atom is -0.497 e. The minimum atomic E-state index is -4.12. The molecule has 2 amide bonds. The van der Waals surface area contributed by atoms with E-state index in [1.54, 1.807) is 74.7 Å². The summed E-state index contributed by atoms with van der Waals surface area (Å²) in [4.78, 5) is 29.6. The zero-order valence-corrected chi connectivity index (χ0v) is 26.1. The van der Waals surface area contributed by atoms with Gasteiger partial charge in [0.25, 0.3) is 10.0 Å². The molecule has 3 aromatic carbocycles. The Morgan fingerprint density at radius 1 is 1.00 bits per heavy atom. The molecule has 0 saturated heterocycles. The van der Waals surface area contributed by atoms with Crippen LogP contribution in [0.3, 0.4) is 0 Å². The Labute approximate surface area is 248 Å². The lowest BCUT2D eigenvalue weighted by Crippen LogP contribution is -2.52. The Balaban J connectivity index is 2.03. The van der Waals surface area contributed by atoms with Crippen LogP contribution in [0.5, 0.6) is 5.75 Å². The predicted molar refractivity (Wildman–Crippen MR) is 165 cm³/mol. The number of nitrogens with one attached hydrogen (secondary N) is 1. The summed E-state index contributed by atoms with van der Waals surface area (Å²) in [6, 6.07) is 19.8. The van der Waals surface area contributed by atoms with Gasteiger partial charge in [0, 0.05) is 17.5 Å². The monoisotopic (exact) mass is 597 g/mol. The molecular formula is C31H39N3O5S2. The van der Waals surface area contributed by atoms with Gasteiger partial charge in [-0.25, -0.2) is 8.42 Å². The fraction of sp³-hybridized carbons (Fsp3) is 0.355. The normalized spacial score (nSPS) is 12.7. The number of nitrogens with zero attached hydrogens (tertiary/aromatic N) is 2. The SMILES string of the molecule is CC[C@H](C)NC(=O)[C@H](C)N(Cc1cccc(OC)c1)C(=O)CN(c1ccc(C)cc1)S(=O)(=O)c1ccc(SC)cc1. The molecule has 8 nitrogen and oxygen atoms in total. The standard InChI is InChI=1S/C31H39N3O5S2/c1-7-23(3)32-31(36)24(4)33(20-25-9-8-10-27(19-25)39-5)30(35)21-34(26-13-11-22(2)12-14-26)41(37,38)29-17-15-28(40-6)16-18-29/h8-19,23-24H,7,20-21H2,1-6H3,(H,32,36)/t23-,24-/m0/s1. The highest BCUT2D eigenvalue weighted by molar-refractivity contribution is 7.98. The quantitative estimate of drug-likeness (QED) is 0.270. The first-order chi connectivity index (χ1) is 19.5. The number of sulfonamides is 1. The van der Waals surface area contributed by atoms with Gasteiger partial charge in [-0.15, -0.1) is 11.8 Å². The molecule has 0 aliphatic carbocycles. The van der Waals surface area contributed by atoms with Crippen LogP contribution in [0.4, 0.5) is 5.69 Å². The molecule has 0 saturated carbocycles. The molecule has 0 aliphatic heterocycles. The first kappa shape index (κ1) is 32.0. The van der Waals surface area contributed by atoms with Crippen molar-refractivity contribution < 1.29 is 22.7 Å². The Morgan fingerprint density at radius 3 is 2.24 bits per heavy atom. The predicted octanol–water partition coefficient (Wildman–Crippen LogP) is 5.25. The number of hydrogen-bond donors (Lipinski definition) is 1. The summed E-state index contributed by atoms with van der Waals surface area (Å²) in [5.74, 6) is -0.207. The number of carbonyl (C=O) groups excluding carboxylic acids is 2. The van der Waals surface area contributed by atoms with Crippen molar-refractivity contribution in [3.8, 4) is 5.75 Å². The summed E-state index contributed by atoms with van der Waals surface area (Å²) in [6.45, 7) is 7.03. The third-order valence-electron chi connectivity index (χ3n) is 6.90. The first-order valence-corrected chi connectivity index (χ1v) is 16.1. The minimum absolute atomic E-state index is 0.0746. The summed E-state index contributed by atoms with van der Waals surface area (Å²) in [7, 11) is -2.56. The van der Waals surface area contributed by atoms with Crippen LogP contribution >= 0.6 is 11.8 Å². The smallest absolute Gasteiger partial charge is 0.264 e. The third-order valence-corrected chi connectivity index (χ3v) is 9.44. The van der Waals surface area contributed by atoms with E-state index in [0.717, 1.165) is 26.7 Å². The molecule has 3 aromatic rings. The van der Waals surface area contributed by atoms with Gasteiger partial charge in [-0.2, -0.15) is 0 Å². The number of amides is 2. The second-order valence-electron chi connectivity index (χ2n) is 9.89. The first-order valence-electron chi connectivity index (χ1n) is 13.5. The molecule has 0 fully saturated rings. The van der Waals surface area contributed by atoms with Gasteiger partial charge in [-0.05, 0) is 87.5 Å². The zero-order chi connectivity index (χ0) is 30.2. The van der Waals surface area contributed by atoms with Crippen LogP contribution in [0.25, 0.3) is 0 Å². The van der Waals surface area contributed by atoms with Crippen LogP contribution in [0.2, 0.25) is 0 Å². The number of thioether (sulfide) groups is 1. The van der Waals surface area contributed by atoms with Gasteiger partial charge in [-0.3, -0.25) is 13.9 Å². The Morgan fingerprint density at radius 2 is 1.66 bits per heavy atom. The van der Waals surface area contributed by atoms with E-state index in [2.05, 4.69) is 5.32 Å². The van der Waals surface area contributed by atoms with E-state index < -0.39 is 28.5 Å². The van der Waals surface area contributed by atoms with Crippen LogP contribution in [0.15, 0.2) is 82.6 Å². The largest absolute Gasteiger partial charge is 0.497 e. The highest BCUT2D eigenvalue weighted by atomic mass is 32.2.